The van der Waals surface area contributed by atoms with E-state index in [9.17, 15) is 9.59 Å². The zero-order chi connectivity index (χ0) is 16.8. The molecule has 0 atom stereocenters. The highest BCUT2D eigenvalue weighted by Crippen LogP contribution is 2.37. The minimum absolute atomic E-state index is 0.0851. The van der Waals surface area contributed by atoms with Gasteiger partial charge >= 0.3 is 0 Å². The molecule has 2 aromatic rings. The van der Waals surface area contributed by atoms with Gasteiger partial charge < -0.3 is 10.2 Å². The Morgan fingerprint density at radius 3 is 2.58 bits per heavy atom. The molecule has 0 saturated heterocycles. The average Bonchev–Trinajstić information content (AvgIpc) is 2.99. The van der Waals surface area contributed by atoms with Crippen LogP contribution in [0.2, 0.25) is 0 Å². The molecule has 4 rings (SSSR count). The molecular formula is C20H20N2O2. The van der Waals surface area contributed by atoms with Crippen LogP contribution < -0.4 is 10.2 Å². The number of carbonyl (C=O) groups is 2. The molecular weight excluding hydrogens is 300 g/mol. The molecule has 1 N–H and O–H groups in total. The van der Waals surface area contributed by atoms with Crippen molar-refractivity contribution in [2.24, 2.45) is 0 Å². The van der Waals surface area contributed by atoms with Crippen LogP contribution in [-0.4, -0.2) is 18.4 Å². The van der Waals surface area contributed by atoms with Gasteiger partial charge in [-0.1, -0.05) is 12.1 Å². The van der Waals surface area contributed by atoms with E-state index in [0.717, 1.165) is 53.0 Å². The first-order valence-corrected chi connectivity index (χ1v) is 8.38. The van der Waals surface area contributed by atoms with Gasteiger partial charge in [-0.3, -0.25) is 9.59 Å². The fraction of sp³-hybridized carbons (Fsp3) is 0.300. The van der Waals surface area contributed by atoms with Gasteiger partial charge in [-0.15, -0.1) is 0 Å². The predicted molar refractivity (Wildman–Crippen MR) is 94.7 cm³/mol. The molecule has 0 fully saturated rings. The molecule has 2 aliphatic rings. The van der Waals surface area contributed by atoms with Crippen molar-refractivity contribution in [2.75, 3.05) is 16.8 Å². The van der Waals surface area contributed by atoms with Crippen molar-refractivity contribution in [3.8, 4) is 0 Å². The van der Waals surface area contributed by atoms with Gasteiger partial charge in [-0.25, -0.2) is 0 Å². The number of carbonyl (C=O) groups excluding carboxylic acids is 2. The number of nitrogens with one attached hydrogen (secondary N) is 1. The lowest BCUT2D eigenvalue weighted by Gasteiger charge is -2.25. The SMILES string of the molecule is Cc1ccc(C)c(NC(=O)c2cc3c4c(c2)CCN4C(=O)CC3)c1. The van der Waals surface area contributed by atoms with Crippen molar-refractivity contribution < 1.29 is 9.59 Å². The predicted octanol–water partition coefficient (Wildman–Crippen LogP) is 3.39. The lowest BCUT2D eigenvalue weighted by Crippen LogP contribution is -2.33. The summed E-state index contributed by atoms with van der Waals surface area (Å²) < 4.78 is 0. The molecule has 0 bridgehead atoms. The molecule has 4 heteroatoms. The van der Waals surface area contributed by atoms with Crippen LogP contribution >= 0.6 is 0 Å². The van der Waals surface area contributed by atoms with E-state index in [-0.39, 0.29) is 11.8 Å². The molecule has 0 spiro atoms. The Bertz CT molecular complexity index is 870. The third kappa shape index (κ3) is 2.39. The van der Waals surface area contributed by atoms with Crippen molar-refractivity contribution in [1.29, 1.82) is 0 Å². The minimum atomic E-state index is -0.0851. The average molecular weight is 320 g/mol. The molecule has 24 heavy (non-hydrogen) atoms. The summed E-state index contributed by atoms with van der Waals surface area (Å²) in [5.74, 6) is 0.118. The fourth-order valence-corrected chi connectivity index (χ4v) is 3.65. The van der Waals surface area contributed by atoms with Gasteiger partial charge in [0, 0.05) is 24.2 Å². The number of amides is 2. The maximum atomic E-state index is 12.7. The molecule has 0 radical (unpaired) electrons. The van der Waals surface area contributed by atoms with E-state index in [1.165, 1.54) is 0 Å². The largest absolute Gasteiger partial charge is 0.322 e. The van der Waals surface area contributed by atoms with Crippen molar-refractivity contribution in [2.45, 2.75) is 33.1 Å². The minimum Gasteiger partial charge on any atom is -0.322 e. The van der Waals surface area contributed by atoms with E-state index >= 15 is 0 Å². The van der Waals surface area contributed by atoms with Crippen LogP contribution in [-0.2, 0) is 17.6 Å². The van der Waals surface area contributed by atoms with E-state index in [2.05, 4.69) is 5.32 Å². The standard InChI is InChI=1S/C20H20N2O2/c1-12-3-4-13(2)17(9-12)21-20(24)16-10-14-5-6-18(23)22-8-7-15(11-16)19(14)22/h3-4,9-11H,5-8H2,1-2H3,(H,21,24). The van der Waals surface area contributed by atoms with Gasteiger partial charge in [0.05, 0.1) is 5.69 Å². The summed E-state index contributed by atoms with van der Waals surface area (Å²) in [6, 6.07) is 9.93. The summed E-state index contributed by atoms with van der Waals surface area (Å²) in [7, 11) is 0. The highest BCUT2D eigenvalue weighted by molar-refractivity contribution is 6.06. The number of hydrogen-bond acceptors (Lipinski definition) is 2. The van der Waals surface area contributed by atoms with Crippen LogP contribution in [0.15, 0.2) is 30.3 Å². The van der Waals surface area contributed by atoms with Crippen molar-refractivity contribution in [3.63, 3.8) is 0 Å². The van der Waals surface area contributed by atoms with E-state index in [4.69, 9.17) is 0 Å². The van der Waals surface area contributed by atoms with E-state index in [0.29, 0.717) is 12.0 Å². The molecule has 4 nitrogen and oxygen atoms in total. The van der Waals surface area contributed by atoms with Crippen molar-refractivity contribution in [1.82, 2.24) is 0 Å². The maximum absolute atomic E-state index is 12.7. The Hall–Kier alpha value is -2.62. The summed E-state index contributed by atoms with van der Waals surface area (Å²) in [5.41, 5.74) is 6.99. The van der Waals surface area contributed by atoms with Gasteiger partial charge in [0.15, 0.2) is 0 Å². The highest BCUT2D eigenvalue weighted by atomic mass is 16.2. The van der Waals surface area contributed by atoms with Crippen molar-refractivity contribution in [3.05, 3.63) is 58.1 Å². The first-order chi connectivity index (χ1) is 11.5. The van der Waals surface area contributed by atoms with Gasteiger partial charge in [0.25, 0.3) is 5.91 Å². The summed E-state index contributed by atoms with van der Waals surface area (Å²) in [6.07, 6.45) is 2.09. The summed E-state index contributed by atoms with van der Waals surface area (Å²) in [4.78, 5) is 26.6. The van der Waals surface area contributed by atoms with Crippen molar-refractivity contribution >= 4 is 23.2 Å². The third-order valence-corrected chi connectivity index (χ3v) is 4.96. The smallest absolute Gasteiger partial charge is 0.255 e. The first-order valence-electron chi connectivity index (χ1n) is 8.38. The summed E-state index contributed by atoms with van der Waals surface area (Å²) >= 11 is 0. The lowest BCUT2D eigenvalue weighted by atomic mass is 9.96. The number of rotatable bonds is 2. The van der Waals surface area contributed by atoms with Crippen LogP contribution in [0.1, 0.15) is 39.0 Å². The normalized spacial score (nSPS) is 15.4. The zero-order valence-corrected chi connectivity index (χ0v) is 14.0. The van der Waals surface area contributed by atoms with Gasteiger partial charge in [-0.2, -0.15) is 0 Å². The van der Waals surface area contributed by atoms with Gasteiger partial charge in [0.1, 0.15) is 0 Å². The molecule has 0 unspecified atom stereocenters. The lowest BCUT2D eigenvalue weighted by molar-refractivity contribution is -0.118. The Kier molecular flexibility index (Phi) is 3.41. The Morgan fingerprint density at radius 1 is 1.04 bits per heavy atom. The maximum Gasteiger partial charge on any atom is 0.255 e. The monoisotopic (exact) mass is 320 g/mol. The van der Waals surface area contributed by atoms with Crippen LogP contribution in [0, 0.1) is 13.8 Å². The zero-order valence-electron chi connectivity index (χ0n) is 14.0. The number of nitrogens with zero attached hydrogens (tertiary/aromatic N) is 1. The molecule has 0 aromatic heterocycles. The fourth-order valence-electron chi connectivity index (χ4n) is 3.65. The number of anilines is 2. The summed E-state index contributed by atoms with van der Waals surface area (Å²) in [5, 5.41) is 3.03. The second-order valence-electron chi connectivity index (χ2n) is 6.71. The highest BCUT2D eigenvalue weighted by Gasteiger charge is 2.32. The second kappa shape index (κ2) is 5.48. The molecule has 0 aliphatic carbocycles. The van der Waals surface area contributed by atoms with Crippen LogP contribution in [0.4, 0.5) is 11.4 Å². The number of benzene rings is 2. The van der Waals surface area contributed by atoms with E-state index in [1.54, 1.807) is 0 Å². The van der Waals surface area contributed by atoms with Crippen LogP contribution in [0.25, 0.3) is 0 Å². The number of aryl methyl sites for hydroxylation is 3. The third-order valence-electron chi connectivity index (χ3n) is 4.96. The topological polar surface area (TPSA) is 49.4 Å². The van der Waals surface area contributed by atoms with Crippen LogP contribution in [0.5, 0.6) is 0 Å². The second-order valence-corrected chi connectivity index (χ2v) is 6.71. The molecule has 0 saturated carbocycles. The Balaban J connectivity index is 1.67. The van der Waals surface area contributed by atoms with Gasteiger partial charge in [0.2, 0.25) is 5.91 Å². The molecule has 122 valence electrons. The molecule has 2 amide bonds. The molecule has 2 aromatic carbocycles. The summed E-state index contributed by atoms with van der Waals surface area (Å²) in [6.45, 7) is 4.74. The van der Waals surface area contributed by atoms with Crippen LogP contribution in [0.3, 0.4) is 0 Å². The van der Waals surface area contributed by atoms with E-state index in [1.807, 2.05) is 49.1 Å². The Labute approximate surface area is 141 Å². The van der Waals surface area contributed by atoms with E-state index < -0.39 is 0 Å². The molecule has 2 heterocycles. The Morgan fingerprint density at radius 2 is 1.79 bits per heavy atom. The molecule has 2 aliphatic heterocycles. The quantitative estimate of drug-likeness (QED) is 0.922. The van der Waals surface area contributed by atoms with Gasteiger partial charge in [-0.05, 0) is 67.1 Å². The first kappa shape index (κ1) is 14.9. The number of hydrogen-bond donors (Lipinski definition) is 1.